The second kappa shape index (κ2) is 5.31. The lowest BCUT2D eigenvalue weighted by Crippen LogP contribution is -2.19. The van der Waals surface area contributed by atoms with E-state index in [1.54, 1.807) is 18.2 Å². The minimum Gasteiger partial charge on any atom is -0.478 e. The van der Waals surface area contributed by atoms with Gasteiger partial charge in [0.15, 0.2) is 5.16 Å². The van der Waals surface area contributed by atoms with Crippen molar-refractivity contribution in [1.29, 1.82) is 0 Å². The number of carboxylic acid groups (broad SMARTS) is 1. The monoisotopic (exact) mass is 279 g/mol. The third kappa shape index (κ3) is 2.87. The van der Waals surface area contributed by atoms with E-state index < -0.39 is 5.97 Å². The van der Waals surface area contributed by atoms with Crippen molar-refractivity contribution < 1.29 is 9.90 Å². The van der Waals surface area contributed by atoms with Gasteiger partial charge in [0, 0.05) is 10.9 Å². The van der Waals surface area contributed by atoms with Crippen molar-refractivity contribution in [3.63, 3.8) is 0 Å². The lowest BCUT2D eigenvalue weighted by molar-refractivity contribution is 0.0696. The molecule has 100 valence electrons. The third-order valence-electron chi connectivity index (χ3n) is 2.48. The van der Waals surface area contributed by atoms with Crippen LogP contribution in [0.15, 0.2) is 39.1 Å². The predicted molar refractivity (Wildman–Crippen MR) is 70.8 cm³/mol. The van der Waals surface area contributed by atoms with Crippen LogP contribution in [0.2, 0.25) is 0 Å². The fourth-order valence-corrected chi connectivity index (χ4v) is 2.64. The van der Waals surface area contributed by atoms with Crippen molar-refractivity contribution in [2.75, 3.05) is 0 Å². The molecule has 2 aromatic rings. The van der Waals surface area contributed by atoms with E-state index in [1.807, 2.05) is 13.8 Å². The molecule has 0 amide bonds. The average Bonchev–Trinajstić information content (AvgIpc) is 2.70. The van der Waals surface area contributed by atoms with E-state index >= 15 is 0 Å². The summed E-state index contributed by atoms with van der Waals surface area (Å²) < 4.78 is 1.53. The molecule has 0 bridgehead atoms. The smallest absolute Gasteiger partial charge is 0.344 e. The summed E-state index contributed by atoms with van der Waals surface area (Å²) >= 11 is 1.25. The van der Waals surface area contributed by atoms with Gasteiger partial charge in [-0.15, -0.1) is 5.10 Å². The Labute approximate surface area is 113 Å². The number of rotatable bonds is 4. The van der Waals surface area contributed by atoms with Crippen LogP contribution in [0, 0.1) is 0 Å². The number of aromatic nitrogens is 3. The van der Waals surface area contributed by atoms with Gasteiger partial charge in [0.2, 0.25) is 0 Å². The predicted octanol–water partition coefficient (Wildman–Crippen LogP) is 2.00. The molecule has 7 heteroatoms. The van der Waals surface area contributed by atoms with Crippen LogP contribution in [0.4, 0.5) is 0 Å². The Morgan fingerprint density at radius 3 is 2.84 bits per heavy atom. The van der Waals surface area contributed by atoms with E-state index in [0.29, 0.717) is 5.16 Å². The number of carboxylic acids is 1. The summed E-state index contributed by atoms with van der Waals surface area (Å²) in [4.78, 5) is 23.2. The molecule has 0 unspecified atom stereocenters. The minimum atomic E-state index is -0.981. The van der Waals surface area contributed by atoms with Crippen LogP contribution in [-0.2, 0) is 0 Å². The summed E-state index contributed by atoms with van der Waals surface area (Å²) in [6.07, 6.45) is 0. The van der Waals surface area contributed by atoms with Crippen LogP contribution in [0.3, 0.4) is 0 Å². The minimum absolute atomic E-state index is 0.0172. The number of nitrogens with one attached hydrogen (secondary N) is 1. The zero-order chi connectivity index (χ0) is 14.0. The first-order chi connectivity index (χ1) is 8.99. The summed E-state index contributed by atoms with van der Waals surface area (Å²) in [6, 6.07) is 6.50. The van der Waals surface area contributed by atoms with Gasteiger partial charge in [0.1, 0.15) is 0 Å². The molecule has 0 saturated heterocycles. The van der Waals surface area contributed by atoms with Gasteiger partial charge < -0.3 is 5.11 Å². The number of aromatic carboxylic acids is 1. The molecule has 1 aromatic carbocycles. The maximum atomic E-state index is 11.6. The Balaban J connectivity index is 2.34. The van der Waals surface area contributed by atoms with E-state index in [4.69, 9.17) is 5.11 Å². The van der Waals surface area contributed by atoms with Gasteiger partial charge in [-0.3, -0.25) is 4.57 Å². The Kier molecular flexibility index (Phi) is 3.75. The van der Waals surface area contributed by atoms with Gasteiger partial charge >= 0.3 is 11.7 Å². The molecule has 0 fully saturated rings. The normalized spacial score (nSPS) is 10.9. The van der Waals surface area contributed by atoms with Crippen LogP contribution >= 0.6 is 11.8 Å². The SMILES string of the molecule is CC(C)n1c(Sc2cccc(C(=O)O)c2)n[nH]c1=O. The number of carbonyl (C=O) groups is 1. The molecular formula is C12H13N3O3S. The van der Waals surface area contributed by atoms with Crippen LogP contribution in [0.5, 0.6) is 0 Å². The molecule has 6 nitrogen and oxygen atoms in total. The number of H-pyrrole nitrogens is 1. The quantitative estimate of drug-likeness (QED) is 0.893. The Morgan fingerprint density at radius 1 is 1.47 bits per heavy atom. The van der Waals surface area contributed by atoms with Gasteiger partial charge in [-0.2, -0.15) is 0 Å². The number of hydrogen-bond donors (Lipinski definition) is 2. The first kappa shape index (κ1) is 13.4. The van der Waals surface area contributed by atoms with E-state index in [-0.39, 0.29) is 17.3 Å². The van der Waals surface area contributed by atoms with E-state index in [0.717, 1.165) is 4.90 Å². The molecule has 0 aliphatic carbocycles. The van der Waals surface area contributed by atoms with E-state index in [2.05, 4.69) is 10.2 Å². The molecule has 2 rings (SSSR count). The highest BCUT2D eigenvalue weighted by Crippen LogP contribution is 2.27. The van der Waals surface area contributed by atoms with Crippen LogP contribution in [0.25, 0.3) is 0 Å². The van der Waals surface area contributed by atoms with Crippen LogP contribution in [-0.4, -0.2) is 25.8 Å². The molecule has 0 radical (unpaired) electrons. The zero-order valence-electron chi connectivity index (χ0n) is 10.5. The Hall–Kier alpha value is -2.02. The molecular weight excluding hydrogens is 266 g/mol. The second-order valence-electron chi connectivity index (χ2n) is 4.21. The molecule has 1 aromatic heterocycles. The van der Waals surface area contributed by atoms with E-state index in [9.17, 15) is 9.59 Å². The summed E-state index contributed by atoms with van der Waals surface area (Å²) in [7, 11) is 0. The summed E-state index contributed by atoms with van der Waals surface area (Å²) in [5.41, 5.74) is -0.0640. The lowest BCUT2D eigenvalue weighted by Gasteiger charge is -2.08. The van der Waals surface area contributed by atoms with Gasteiger partial charge in [-0.25, -0.2) is 14.7 Å². The molecule has 19 heavy (non-hydrogen) atoms. The molecule has 0 aliphatic rings. The number of nitrogens with zero attached hydrogens (tertiary/aromatic N) is 2. The van der Waals surface area contributed by atoms with Gasteiger partial charge in [0.05, 0.1) is 5.56 Å². The summed E-state index contributed by atoms with van der Waals surface area (Å²) in [5.74, 6) is -0.981. The molecule has 0 saturated carbocycles. The molecule has 0 spiro atoms. The lowest BCUT2D eigenvalue weighted by atomic mass is 10.2. The fourth-order valence-electron chi connectivity index (χ4n) is 1.62. The molecule has 2 N–H and O–H groups in total. The zero-order valence-corrected chi connectivity index (χ0v) is 11.3. The standard InChI is InChI=1S/C12H13N3O3S/c1-7(2)15-11(18)13-14-12(15)19-9-5-3-4-8(6-9)10(16)17/h3-7H,1-2H3,(H,13,18)(H,16,17). The molecule has 0 aliphatic heterocycles. The Bertz CT molecular complexity index is 660. The van der Waals surface area contributed by atoms with Crippen molar-refractivity contribution >= 4 is 17.7 Å². The van der Waals surface area contributed by atoms with Crippen LogP contribution in [0.1, 0.15) is 30.2 Å². The highest BCUT2D eigenvalue weighted by molar-refractivity contribution is 7.99. The van der Waals surface area contributed by atoms with Crippen molar-refractivity contribution in [2.24, 2.45) is 0 Å². The fraction of sp³-hybridized carbons (Fsp3) is 0.250. The number of aromatic amines is 1. The van der Waals surface area contributed by atoms with Gasteiger partial charge in [0.25, 0.3) is 0 Å². The van der Waals surface area contributed by atoms with Gasteiger partial charge in [-0.1, -0.05) is 6.07 Å². The topological polar surface area (TPSA) is 88.0 Å². The molecule has 1 heterocycles. The van der Waals surface area contributed by atoms with E-state index in [1.165, 1.54) is 22.4 Å². The average molecular weight is 279 g/mol. The van der Waals surface area contributed by atoms with Crippen LogP contribution < -0.4 is 5.69 Å². The highest BCUT2D eigenvalue weighted by atomic mass is 32.2. The summed E-state index contributed by atoms with van der Waals surface area (Å²) in [6.45, 7) is 3.77. The first-order valence-electron chi connectivity index (χ1n) is 5.67. The number of benzene rings is 1. The van der Waals surface area contributed by atoms with Crippen molar-refractivity contribution in [1.82, 2.24) is 14.8 Å². The Morgan fingerprint density at radius 2 is 2.21 bits per heavy atom. The van der Waals surface area contributed by atoms with Gasteiger partial charge in [-0.05, 0) is 43.8 Å². The number of hydrogen-bond acceptors (Lipinski definition) is 4. The van der Waals surface area contributed by atoms with Crippen molar-refractivity contribution in [2.45, 2.75) is 29.9 Å². The third-order valence-corrected chi connectivity index (χ3v) is 3.44. The van der Waals surface area contributed by atoms with Crippen molar-refractivity contribution in [3.05, 3.63) is 40.3 Å². The highest BCUT2D eigenvalue weighted by Gasteiger charge is 2.13. The first-order valence-corrected chi connectivity index (χ1v) is 6.49. The molecule has 0 atom stereocenters. The summed E-state index contributed by atoms with van der Waals surface area (Å²) in [5, 5.41) is 15.8. The largest absolute Gasteiger partial charge is 0.478 e. The maximum Gasteiger partial charge on any atom is 0.344 e. The van der Waals surface area contributed by atoms with Crippen molar-refractivity contribution in [3.8, 4) is 0 Å². The second-order valence-corrected chi connectivity index (χ2v) is 5.25. The maximum absolute atomic E-state index is 11.6.